The minimum atomic E-state index is -3.23. The number of aromatic nitrogens is 4. The van der Waals surface area contributed by atoms with Crippen LogP contribution in [0.25, 0.3) is 0 Å². The summed E-state index contributed by atoms with van der Waals surface area (Å²) in [5, 5.41) is 12.8. The van der Waals surface area contributed by atoms with Crippen LogP contribution in [0, 0.1) is 0 Å². The third-order valence-corrected chi connectivity index (χ3v) is 4.71. The molecule has 90 valence electrons. The van der Waals surface area contributed by atoms with Gasteiger partial charge in [-0.25, -0.2) is 13.1 Å². The van der Waals surface area contributed by atoms with Gasteiger partial charge in [-0.3, -0.25) is 0 Å². The molecular weight excluding hydrogens is 230 g/mol. The summed E-state index contributed by atoms with van der Waals surface area (Å²) in [7, 11) is -3.23. The highest BCUT2D eigenvalue weighted by molar-refractivity contribution is 7.90. The highest BCUT2D eigenvalue weighted by Crippen LogP contribution is 2.22. The topological polar surface area (TPSA) is 101 Å². The standard InChI is InChI=1S/C8H15N5O2S/c14-16(15,7-4-2-1-3-5-7)9-6-8-10-12-13-11-8/h7,9H,1-6H2,(H,10,11,12,13). The van der Waals surface area contributed by atoms with Crippen molar-refractivity contribution in [2.24, 2.45) is 0 Å². The van der Waals surface area contributed by atoms with E-state index in [0.29, 0.717) is 5.82 Å². The van der Waals surface area contributed by atoms with Crippen molar-refractivity contribution in [1.82, 2.24) is 25.3 Å². The summed E-state index contributed by atoms with van der Waals surface area (Å²) < 4.78 is 26.3. The number of nitrogens with zero attached hydrogens (tertiary/aromatic N) is 3. The molecule has 0 aromatic carbocycles. The van der Waals surface area contributed by atoms with Crippen LogP contribution in [0.5, 0.6) is 0 Å². The Labute approximate surface area is 94.1 Å². The van der Waals surface area contributed by atoms with Crippen LogP contribution < -0.4 is 4.72 Å². The maximum absolute atomic E-state index is 11.9. The lowest BCUT2D eigenvalue weighted by atomic mass is 10.0. The first kappa shape index (κ1) is 11.5. The van der Waals surface area contributed by atoms with Crippen molar-refractivity contribution in [3.8, 4) is 0 Å². The lowest BCUT2D eigenvalue weighted by Gasteiger charge is -2.21. The maximum atomic E-state index is 11.9. The van der Waals surface area contributed by atoms with Gasteiger partial charge in [0.2, 0.25) is 10.0 Å². The molecule has 1 heterocycles. The van der Waals surface area contributed by atoms with Gasteiger partial charge in [0.1, 0.15) is 0 Å². The van der Waals surface area contributed by atoms with Gasteiger partial charge < -0.3 is 0 Å². The van der Waals surface area contributed by atoms with Gasteiger partial charge in [0.05, 0.1) is 11.8 Å². The average Bonchev–Trinajstić information content (AvgIpc) is 2.81. The van der Waals surface area contributed by atoms with E-state index in [-0.39, 0.29) is 11.8 Å². The zero-order valence-corrected chi connectivity index (χ0v) is 9.70. The van der Waals surface area contributed by atoms with Crippen LogP contribution in [-0.2, 0) is 16.6 Å². The molecular formula is C8H15N5O2S. The molecule has 0 radical (unpaired) electrons. The third-order valence-electron chi connectivity index (χ3n) is 2.81. The van der Waals surface area contributed by atoms with E-state index in [1.165, 1.54) is 0 Å². The highest BCUT2D eigenvalue weighted by atomic mass is 32.2. The predicted octanol–water partition coefficient (Wildman–Crippen LogP) is -0.0482. The number of sulfonamides is 1. The summed E-state index contributed by atoms with van der Waals surface area (Å²) >= 11 is 0. The van der Waals surface area contributed by atoms with Crippen molar-refractivity contribution in [2.75, 3.05) is 0 Å². The highest BCUT2D eigenvalue weighted by Gasteiger charge is 2.26. The van der Waals surface area contributed by atoms with E-state index in [0.717, 1.165) is 32.1 Å². The van der Waals surface area contributed by atoms with Gasteiger partial charge in [0, 0.05) is 0 Å². The van der Waals surface area contributed by atoms with Gasteiger partial charge >= 0.3 is 0 Å². The molecule has 0 unspecified atom stereocenters. The van der Waals surface area contributed by atoms with Crippen molar-refractivity contribution in [3.63, 3.8) is 0 Å². The second-order valence-corrected chi connectivity index (χ2v) is 6.00. The average molecular weight is 245 g/mol. The van der Waals surface area contributed by atoms with Crippen LogP contribution in [0.2, 0.25) is 0 Å². The molecule has 0 amide bonds. The normalized spacial score (nSPS) is 18.8. The quantitative estimate of drug-likeness (QED) is 0.774. The first-order valence-electron chi connectivity index (χ1n) is 5.39. The molecule has 8 heteroatoms. The van der Waals surface area contributed by atoms with Crippen molar-refractivity contribution < 1.29 is 8.42 Å². The molecule has 0 aliphatic heterocycles. The largest absolute Gasteiger partial charge is 0.214 e. The summed E-state index contributed by atoms with van der Waals surface area (Å²) in [5.41, 5.74) is 0. The molecule has 1 fully saturated rings. The number of tetrazole rings is 1. The van der Waals surface area contributed by atoms with Crippen LogP contribution >= 0.6 is 0 Å². The van der Waals surface area contributed by atoms with E-state index in [9.17, 15) is 8.42 Å². The molecule has 0 saturated heterocycles. The van der Waals surface area contributed by atoms with E-state index in [2.05, 4.69) is 25.3 Å². The van der Waals surface area contributed by atoms with Gasteiger partial charge in [-0.1, -0.05) is 24.5 Å². The Hall–Kier alpha value is -1.02. The fourth-order valence-corrected chi connectivity index (χ4v) is 3.44. The van der Waals surface area contributed by atoms with Crippen LogP contribution in [0.3, 0.4) is 0 Å². The Kier molecular flexibility index (Phi) is 3.49. The smallest absolute Gasteiger partial charge is 0.212 e. The molecule has 2 rings (SSSR count). The monoisotopic (exact) mass is 245 g/mol. The number of nitrogens with one attached hydrogen (secondary N) is 2. The predicted molar refractivity (Wildman–Crippen MR) is 56.8 cm³/mol. The Morgan fingerprint density at radius 2 is 2.06 bits per heavy atom. The number of hydrogen-bond donors (Lipinski definition) is 2. The van der Waals surface area contributed by atoms with Crippen LogP contribution in [-0.4, -0.2) is 34.3 Å². The first-order valence-corrected chi connectivity index (χ1v) is 6.94. The van der Waals surface area contributed by atoms with Crippen molar-refractivity contribution in [3.05, 3.63) is 5.82 Å². The van der Waals surface area contributed by atoms with Gasteiger partial charge in [-0.2, -0.15) is 5.21 Å². The van der Waals surface area contributed by atoms with Crippen molar-refractivity contribution >= 4 is 10.0 Å². The molecule has 1 aromatic heterocycles. The lowest BCUT2D eigenvalue weighted by Crippen LogP contribution is -2.35. The van der Waals surface area contributed by atoms with E-state index in [1.54, 1.807) is 0 Å². The Balaban J connectivity index is 1.91. The molecule has 0 atom stereocenters. The molecule has 16 heavy (non-hydrogen) atoms. The molecule has 7 nitrogen and oxygen atoms in total. The summed E-state index contributed by atoms with van der Waals surface area (Å²) in [6, 6.07) is 0. The van der Waals surface area contributed by atoms with Gasteiger partial charge in [-0.05, 0) is 12.8 Å². The minimum absolute atomic E-state index is 0.106. The zero-order valence-electron chi connectivity index (χ0n) is 8.89. The first-order chi connectivity index (χ1) is 7.68. The summed E-state index contributed by atoms with van der Waals surface area (Å²) in [4.78, 5) is 0. The molecule has 1 saturated carbocycles. The molecule has 0 spiro atoms. The SMILES string of the molecule is O=S(=O)(NCc1nn[nH]n1)C1CCCCC1. The van der Waals surface area contributed by atoms with E-state index in [4.69, 9.17) is 0 Å². The summed E-state index contributed by atoms with van der Waals surface area (Å²) in [6.45, 7) is 0.106. The molecule has 1 aliphatic carbocycles. The number of aromatic amines is 1. The number of rotatable bonds is 4. The van der Waals surface area contributed by atoms with Crippen LogP contribution in [0.15, 0.2) is 0 Å². The maximum Gasteiger partial charge on any atom is 0.214 e. The number of hydrogen-bond acceptors (Lipinski definition) is 5. The Morgan fingerprint density at radius 1 is 1.31 bits per heavy atom. The fraction of sp³-hybridized carbons (Fsp3) is 0.875. The summed E-state index contributed by atoms with van der Waals surface area (Å²) in [6.07, 6.45) is 4.63. The second kappa shape index (κ2) is 4.88. The van der Waals surface area contributed by atoms with Crippen molar-refractivity contribution in [2.45, 2.75) is 43.9 Å². The van der Waals surface area contributed by atoms with Gasteiger partial charge in [0.15, 0.2) is 5.82 Å². The Bertz CT molecular complexity index is 410. The molecule has 1 aliphatic rings. The van der Waals surface area contributed by atoms with E-state index < -0.39 is 10.0 Å². The third kappa shape index (κ3) is 2.76. The minimum Gasteiger partial charge on any atom is -0.212 e. The van der Waals surface area contributed by atoms with Gasteiger partial charge in [-0.15, -0.1) is 10.2 Å². The van der Waals surface area contributed by atoms with Crippen molar-refractivity contribution in [1.29, 1.82) is 0 Å². The fourth-order valence-electron chi connectivity index (χ4n) is 1.92. The molecule has 0 bridgehead atoms. The van der Waals surface area contributed by atoms with E-state index in [1.807, 2.05) is 0 Å². The summed E-state index contributed by atoms with van der Waals surface area (Å²) in [5.74, 6) is 0.361. The van der Waals surface area contributed by atoms with Gasteiger partial charge in [0.25, 0.3) is 0 Å². The molecule has 1 aromatic rings. The lowest BCUT2D eigenvalue weighted by molar-refractivity contribution is 0.477. The molecule has 2 N–H and O–H groups in total. The van der Waals surface area contributed by atoms with Crippen LogP contribution in [0.4, 0.5) is 0 Å². The van der Waals surface area contributed by atoms with Crippen LogP contribution in [0.1, 0.15) is 37.9 Å². The number of H-pyrrole nitrogens is 1. The van der Waals surface area contributed by atoms with E-state index >= 15 is 0 Å². The Morgan fingerprint density at radius 3 is 2.69 bits per heavy atom. The zero-order chi connectivity index (χ0) is 11.4. The second-order valence-electron chi connectivity index (χ2n) is 3.95.